The van der Waals surface area contributed by atoms with Crippen LogP contribution in [-0.2, 0) is 23.8 Å². The molecule has 0 aromatic carbocycles. The number of ether oxygens (including phenoxy) is 3. The molecule has 0 spiro atoms. The van der Waals surface area contributed by atoms with E-state index in [4.69, 9.17) is 26.4 Å². The Morgan fingerprint density at radius 2 is 2.00 bits per heavy atom. The molecule has 0 radical (unpaired) electrons. The fourth-order valence-corrected chi connectivity index (χ4v) is 1.82. The summed E-state index contributed by atoms with van der Waals surface area (Å²) in [5.74, 6) is -0.650. The first kappa shape index (κ1) is 17.4. The van der Waals surface area contributed by atoms with Gasteiger partial charge in [-0.25, -0.2) is 0 Å². The molecule has 1 aliphatic rings. The second-order valence-electron chi connectivity index (χ2n) is 4.41. The zero-order valence-electron chi connectivity index (χ0n) is 12.1. The molecule has 0 aromatic heterocycles. The molecule has 0 amide bonds. The molecule has 2 atom stereocenters. The van der Waals surface area contributed by atoms with Crippen LogP contribution in [0.25, 0.3) is 0 Å². The fourth-order valence-electron chi connectivity index (χ4n) is 1.57. The number of thiocarbonyl (C=S) groups is 1. The summed E-state index contributed by atoms with van der Waals surface area (Å²) in [5.41, 5.74) is 0. The molecule has 1 rings (SSSR count). The summed E-state index contributed by atoms with van der Waals surface area (Å²) >= 11 is 5.11. The molecule has 2 N–H and O–H groups in total. The molecule has 118 valence electrons. The first-order valence-corrected chi connectivity index (χ1v) is 6.99. The van der Waals surface area contributed by atoms with Crippen LogP contribution in [0.1, 0.15) is 13.8 Å². The fraction of sp³-hybridized carbons (Fsp3) is 0.615. The van der Waals surface area contributed by atoms with Gasteiger partial charge in [-0.1, -0.05) is 12.2 Å². The Balaban J connectivity index is 2.18. The van der Waals surface area contributed by atoms with E-state index in [0.717, 1.165) is 0 Å². The maximum atomic E-state index is 10.7. The number of hydrogen-bond acceptors (Lipinski definition) is 6. The third kappa shape index (κ3) is 8.26. The molecule has 0 fully saturated rings. The third-order valence-corrected chi connectivity index (χ3v) is 2.77. The van der Waals surface area contributed by atoms with Gasteiger partial charge in [0.2, 0.25) is 0 Å². The van der Waals surface area contributed by atoms with Crippen molar-refractivity contribution in [1.82, 2.24) is 10.6 Å². The molecule has 8 heteroatoms. The van der Waals surface area contributed by atoms with Crippen LogP contribution in [0.4, 0.5) is 0 Å². The van der Waals surface area contributed by atoms with Crippen molar-refractivity contribution in [2.45, 2.75) is 26.0 Å². The van der Waals surface area contributed by atoms with E-state index in [0.29, 0.717) is 18.3 Å². The quantitative estimate of drug-likeness (QED) is 0.304. The van der Waals surface area contributed by atoms with Gasteiger partial charge in [-0.15, -0.1) is 0 Å². The van der Waals surface area contributed by atoms with E-state index in [1.807, 2.05) is 12.2 Å². The Bertz CT molecular complexity index is 413. The third-order valence-electron chi connectivity index (χ3n) is 2.51. The van der Waals surface area contributed by atoms with E-state index in [9.17, 15) is 9.59 Å². The van der Waals surface area contributed by atoms with Crippen molar-refractivity contribution < 1.29 is 23.8 Å². The monoisotopic (exact) mass is 316 g/mol. The lowest BCUT2D eigenvalue weighted by Gasteiger charge is -2.25. The Labute approximate surface area is 129 Å². The van der Waals surface area contributed by atoms with Gasteiger partial charge >= 0.3 is 11.9 Å². The minimum Gasteiger partial charge on any atom is -0.464 e. The average Bonchev–Trinajstić information content (AvgIpc) is 2.42. The van der Waals surface area contributed by atoms with Gasteiger partial charge in [0.05, 0.1) is 19.2 Å². The second kappa shape index (κ2) is 9.30. The zero-order chi connectivity index (χ0) is 15.7. The van der Waals surface area contributed by atoms with Crippen LogP contribution in [-0.4, -0.2) is 55.6 Å². The van der Waals surface area contributed by atoms with Crippen molar-refractivity contribution in [2.75, 3.05) is 26.4 Å². The van der Waals surface area contributed by atoms with Crippen molar-refractivity contribution in [3.63, 3.8) is 0 Å². The van der Waals surface area contributed by atoms with Crippen LogP contribution in [0.3, 0.4) is 0 Å². The highest BCUT2D eigenvalue weighted by Gasteiger charge is 2.17. The van der Waals surface area contributed by atoms with Crippen molar-refractivity contribution in [1.29, 1.82) is 0 Å². The van der Waals surface area contributed by atoms with Crippen molar-refractivity contribution in [2.24, 2.45) is 0 Å². The number of rotatable bonds is 6. The summed E-state index contributed by atoms with van der Waals surface area (Å²) in [6.45, 7) is 4.05. The number of hydrogen-bond donors (Lipinski definition) is 2. The lowest BCUT2D eigenvalue weighted by Crippen LogP contribution is -2.46. The van der Waals surface area contributed by atoms with Crippen LogP contribution in [0.5, 0.6) is 0 Å². The first-order chi connectivity index (χ1) is 9.97. The van der Waals surface area contributed by atoms with Gasteiger partial charge in [0.1, 0.15) is 19.3 Å². The summed E-state index contributed by atoms with van der Waals surface area (Å²) in [5, 5.41) is 6.43. The van der Waals surface area contributed by atoms with Crippen LogP contribution in [0.15, 0.2) is 12.2 Å². The van der Waals surface area contributed by atoms with Crippen LogP contribution in [0, 0.1) is 0 Å². The Hall–Kier alpha value is -1.67. The molecule has 0 bridgehead atoms. The highest BCUT2D eigenvalue weighted by molar-refractivity contribution is 7.80. The summed E-state index contributed by atoms with van der Waals surface area (Å²) in [4.78, 5) is 21.3. The molecule has 0 saturated carbocycles. The number of esters is 2. The maximum Gasteiger partial charge on any atom is 0.302 e. The average molecular weight is 316 g/mol. The van der Waals surface area contributed by atoms with E-state index in [-0.39, 0.29) is 37.3 Å². The molecule has 0 aliphatic carbocycles. The van der Waals surface area contributed by atoms with Gasteiger partial charge in [0.15, 0.2) is 5.11 Å². The van der Waals surface area contributed by atoms with Crippen LogP contribution >= 0.6 is 12.2 Å². The molecular weight excluding hydrogens is 296 g/mol. The SMILES string of the molecule is CC(=O)OCCNC(=S)N[C@@H]1C=C[C@H](COC(C)=O)OC1. The molecule has 0 aromatic rings. The lowest BCUT2D eigenvalue weighted by atomic mass is 10.2. The summed E-state index contributed by atoms with van der Waals surface area (Å²) in [6, 6.07) is -0.0488. The van der Waals surface area contributed by atoms with Gasteiger partial charge in [-0.3, -0.25) is 9.59 Å². The summed E-state index contributed by atoms with van der Waals surface area (Å²) in [7, 11) is 0. The number of carbonyl (C=O) groups excluding carboxylic acids is 2. The standard InChI is InChI=1S/C13H20N2O5S/c1-9(16)18-6-5-14-13(21)15-11-3-4-12(20-7-11)8-19-10(2)17/h3-4,11-12H,5-8H2,1-2H3,(H2,14,15,21)/t11-,12-/m1/s1. The Morgan fingerprint density at radius 1 is 1.29 bits per heavy atom. The van der Waals surface area contributed by atoms with Crippen LogP contribution in [0.2, 0.25) is 0 Å². The highest BCUT2D eigenvalue weighted by atomic mass is 32.1. The van der Waals surface area contributed by atoms with Crippen molar-refractivity contribution in [3.05, 3.63) is 12.2 Å². The van der Waals surface area contributed by atoms with Crippen LogP contribution < -0.4 is 10.6 Å². The molecule has 1 heterocycles. The number of nitrogens with one attached hydrogen (secondary N) is 2. The predicted octanol–water partition coefficient (Wildman–Crippen LogP) is -0.0997. The normalized spacial score (nSPS) is 20.5. The van der Waals surface area contributed by atoms with E-state index in [1.54, 1.807) is 0 Å². The molecule has 1 aliphatic heterocycles. The first-order valence-electron chi connectivity index (χ1n) is 6.58. The van der Waals surface area contributed by atoms with E-state index < -0.39 is 0 Å². The molecule has 0 saturated heterocycles. The van der Waals surface area contributed by atoms with E-state index in [1.165, 1.54) is 13.8 Å². The molecular formula is C13H20N2O5S. The Kier molecular flexibility index (Phi) is 7.70. The largest absolute Gasteiger partial charge is 0.464 e. The predicted molar refractivity (Wildman–Crippen MR) is 79.7 cm³/mol. The Morgan fingerprint density at radius 3 is 2.57 bits per heavy atom. The minimum absolute atomic E-state index is 0.0488. The van der Waals surface area contributed by atoms with E-state index >= 15 is 0 Å². The number of carbonyl (C=O) groups is 2. The molecule has 7 nitrogen and oxygen atoms in total. The highest BCUT2D eigenvalue weighted by Crippen LogP contribution is 2.06. The van der Waals surface area contributed by atoms with E-state index in [2.05, 4.69) is 10.6 Å². The maximum absolute atomic E-state index is 10.7. The smallest absolute Gasteiger partial charge is 0.302 e. The van der Waals surface area contributed by atoms with Gasteiger partial charge in [0.25, 0.3) is 0 Å². The minimum atomic E-state index is -0.328. The topological polar surface area (TPSA) is 85.9 Å². The molecule has 0 unspecified atom stereocenters. The van der Waals surface area contributed by atoms with Gasteiger partial charge in [-0.2, -0.15) is 0 Å². The van der Waals surface area contributed by atoms with Gasteiger partial charge in [-0.05, 0) is 12.2 Å². The van der Waals surface area contributed by atoms with Crippen molar-refractivity contribution in [3.8, 4) is 0 Å². The summed E-state index contributed by atoms with van der Waals surface area (Å²) < 4.78 is 15.2. The lowest BCUT2D eigenvalue weighted by molar-refractivity contribution is -0.144. The summed E-state index contributed by atoms with van der Waals surface area (Å²) in [6.07, 6.45) is 3.51. The second-order valence-corrected chi connectivity index (χ2v) is 4.81. The molecule has 21 heavy (non-hydrogen) atoms. The van der Waals surface area contributed by atoms with Crippen molar-refractivity contribution >= 4 is 29.3 Å². The van der Waals surface area contributed by atoms with Gasteiger partial charge in [0, 0.05) is 13.8 Å². The zero-order valence-corrected chi connectivity index (χ0v) is 12.9. The van der Waals surface area contributed by atoms with Gasteiger partial charge < -0.3 is 24.8 Å².